The molecule has 8 heteroatoms. The van der Waals surface area contributed by atoms with Crippen molar-refractivity contribution < 1.29 is 19.4 Å². The molecule has 1 fully saturated rings. The smallest absolute Gasteiger partial charge is 0.326 e. The quantitative estimate of drug-likeness (QED) is 0.523. The van der Waals surface area contributed by atoms with E-state index in [2.05, 4.69) is 27.8 Å². The first-order valence-electron chi connectivity index (χ1n) is 11.4. The Morgan fingerprint density at radius 3 is 2.81 bits per heavy atom. The molecule has 0 spiro atoms. The van der Waals surface area contributed by atoms with Gasteiger partial charge in [0.2, 0.25) is 0 Å². The maximum absolute atomic E-state index is 12.2. The average molecular weight is 439 g/mol. The van der Waals surface area contributed by atoms with E-state index in [0.29, 0.717) is 18.1 Å². The molecule has 1 atom stereocenters. The molecular formula is C24H30N4O4. The number of amides is 1. The normalized spacial score (nSPS) is 20.4. The van der Waals surface area contributed by atoms with E-state index in [4.69, 9.17) is 9.72 Å². The van der Waals surface area contributed by atoms with Crippen LogP contribution in [0.3, 0.4) is 0 Å². The first-order chi connectivity index (χ1) is 15.6. The Kier molecular flexibility index (Phi) is 7.32. The molecule has 1 aliphatic carbocycles. The summed E-state index contributed by atoms with van der Waals surface area (Å²) in [5.41, 5.74) is 2.84. The molecular weight excluding hydrogens is 408 g/mol. The van der Waals surface area contributed by atoms with Crippen LogP contribution in [0.25, 0.3) is 0 Å². The standard InChI is InChI=1S/C24H30N4O4/c29-23(18-7-11-25-12-8-18)28-21(24(30)31)9-13-32-20-14-16(15-20)3-5-19-6-4-17-2-1-10-26-22(17)27-19/h4,6-8,11-12,16,20-21H,1-3,5,9-10,13-15H2,(H,26,27)(H,28,29)(H,30,31)/t16?,20?,21-/m0/s1. The zero-order chi connectivity index (χ0) is 22.3. The van der Waals surface area contributed by atoms with Crippen LogP contribution < -0.4 is 10.6 Å². The van der Waals surface area contributed by atoms with Gasteiger partial charge in [0.25, 0.3) is 5.91 Å². The number of nitrogens with one attached hydrogen (secondary N) is 2. The number of aromatic nitrogens is 2. The molecule has 32 heavy (non-hydrogen) atoms. The molecule has 0 bridgehead atoms. The van der Waals surface area contributed by atoms with Crippen molar-refractivity contribution in [2.75, 3.05) is 18.5 Å². The van der Waals surface area contributed by atoms with Crippen LogP contribution in [0.1, 0.15) is 53.7 Å². The molecule has 0 aromatic carbocycles. The van der Waals surface area contributed by atoms with E-state index >= 15 is 0 Å². The van der Waals surface area contributed by atoms with Crippen molar-refractivity contribution in [1.29, 1.82) is 0 Å². The lowest BCUT2D eigenvalue weighted by molar-refractivity contribution is -0.140. The first-order valence-corrected chi connectivity index (χ1v) is 11.4. The number of aliphatic carboxylic acids is 1. The minimum Gasteiger partial charge on any atom is -0.480 e. The summed E-state index contributed by atoms with van der Waals surface area (Å²) in [6.45, 7) is 1.31. The van der Waals surface area contributed by atoms with Crippen molar-refractivity contribution in [3.05, 3.63) is 53.5 Å². The monoisotopic (exact) mass is 438 g/mol. The molecule has 3 N–H and O–H groups in total. The van der Waals surface area contributed by atoms with E-state index in [1.807, 2.05) is 0 Å². The van der Waals surface area contributed by atoms with Gasteiger partial charge in [-0.25, -0.2) is 9.78 Å². The minimum absolute atomic E-state index is 0.170. The third kappa shape index (κ3) is 5.82. The number of fused-ring (bicyclic) bond motifs is 1. The van der Waals surface area contributed by atoms with Crippen LogP contribution in [0.5, 0.6) is 0 Å². The molecule has 8 nitrogen and oxygen atoms in total. The van der Waals surface area contributed by atoms with E-state index in [1.165, 1.54) is 24.4 Å². The third-order valence-electron chi connectivity index (χ3n) is 6.26. The van der Waals surface area contributed by atoms with Gasteiger partial charge in [0.15, 0.2) is 0 Å². The second-order valence-electron chi connectivity index (χ2n) is 8.60. The van der Waals surface area contributed by atoms with Crippen molar-refractivity contribution in [2.45, 2.75) is 57.1 Å². The highest BCUT2D eigenvalue weighted by molar-refractivity contribution is 5.96. The van der Waals surface area contributed by atoms with Crippen LogP contribution in [-0.2, 0) is 22.4 Å². The van der Waals surface area contributed by atoms with Crippen molar-refractivity contribution >= 4 is 17.7 Å². The molecule has 0 saturated heterocycles. The Morgan fingerprint density at radius 1 is 1.22 bits per heavy atom. The highest BCUT2D eigenvalue weighted by Crippen LogP contribution is 2.34. The maximum Gasteiger partial charge on any atom is 0.326 e. The number of carboxylic acid groups (broad SMARTS) is 1. The summed E-state index contributed by atoms with van der Waals surface area (Å²) in [5.74, 6) is 0.184. The third-order valence-corrected chi connectivity index (χ3v) is 6.26. The Bertz CT molecular complexity index is 931. The van der Waals surface area contributed by atoms with Crippen LogP contribution in [0.15, 0.2) is 36.7 Å². The first kappa shape index (κ1) is 22.2. The molecule has 1 amide bonds. The van der Waals surface area contributed by atoms with E-state index < -0.39 is 17.9 Å². The van der Waals surface area contributed by atoms with Gasteiger partial charge in [0.1, 0.15) is 11.9 Å². The molecule has 170 valence electrons. The van der Waals surface area contributed by atoms with Crippen LogP contribution in [0.2, 0.25) is 0 Å². The fourth-order valence-corrected chi connectivity index (χ4v) is 4.26. The fourth-order valence-electron chi connectivity index (χ4n) is 4.26. The predicted molar refractivity (Wildman–Crippen MR) is 120 cm³/mol. The molecule has 1 saturated carbocycles. The number of carbonyl (C=O) groups is 2. The Balaban J connectivity index is 1.14. The lowest BCUT2D eigenvalue weighted by atomic mass is 9.79. The average Bonchev–Trinajstić information content (AvgIpc) is 2.79. The lowest BCUT2D eigenvalue weighted by Gasteiger charge is -2.35. The van der Waals surface area contributed by atoms with E-state index in [1.54, 1.807) is 12.1 Å². The zero-order valence-electron chi connectivity index (χ0n) is 18.1. The number of carboxylic acids is 1. The summed E-state index contributed by atoms with van der Waals surface area (Å²) in [7, 11) is 0. The molecule has 4 rings (SSSR count). The summed E-state index contributed by atoms with van der Waals surface area (Å²) in [5, 5.41) is 15.3. The van der Waals surface area contributed by atoms with Gasteiger partial charge in [-0.15, -0.1) is 0 Å². The number of ether oxygens (including phenoxy) is 1. The van der Waals surface area contributed by atoms with Gasteiger partial charge >= 0.3 is 5.97 Å². The zero-order valence-corrected chi connectivity index (χ0v) is 18.1. The lowest BCUT2D eigenvalue weighted by Crippen LogP contribution is -2.42. The summed E-state index contributed by atoms with van der Waals surface area (Å²) in [6.07, 6.45) is 9.71. The molecule has 0 radical (unpaired) electrons. The highest BCUT2D eigenvalue weighted by atomic mass is 16.5. The largest absolute Gasteiger partial charge is 0.480 e. The van der Waals surface area contributed by atoms with Crippen molar-refractivity contribution in [2.24, 2.45) is 5.92 Å². The number of rotatable bonds is 10. The SMILES string of the molecule is O=C(N[C@@H](CCOC1CC(CCc2ccc3c(n2)NCCC3)C1)C(=O)O)c1ccncc1. The summed E-state index contributed by atoms with van der Waals surface area (Å²) in [4.78, 5) is 32.3. The molecule has 1 aliphatic heterocycles. The predicted octanol–water partition coefficient (Wildman–Crippen LogP) is 2.84. The number of aryl methyl sites for hydroxylation is 2. The van der Waals surface area contributed by atoms with Crippen molar-refractivity contribution in [3.63, 3.8) is 0 Å². The van der Waals surface area contributed by atoms with E-state index in [-0.39, 0.29) is 12.5 Å². The number of nitrogens with zero attached hydrogens (tertiary/aromatic N) is 2. The van der Waals surface area contributed by atoms with Gasteiger partial charge in [0.05, 0.1) is 6.10 Å². The highest BCUT2D eigenvalue weighted by Gasteiger charge is 2.30. The van der Waals surface area contributed by atoms with Gasteiger partial charge < -0.3 is 20.5 Å². The summed E-state index contributed by atoms with van der Waals surface area (Å²) in [6, 6.07) is 6.47. The Hall–Kier alpha value is -3.00. The van der Waals surface area contributed by atoms with Crippen molar-refractivity contribution in [3.8, 4) is 0 Å². The minimum atomic E-state index is -1.06. The number of anilines is 1. The van der Waals surface area contributed by atoms with Gasteiger partial charge in [-0.05, 0) is 68.2 Å². The molecule has 2 aromatic heterocycles. The summed E-state index contributed by atoms with van der Waals surface area (Å²) >= 11 is 0. The second-order valence-corrected chi connectivity index (χ2v) is 8.60. The number of pyridine rings is 2. The second kappa shape index (κ2) is 10.5. The number of hydrogen-bond donors (Lipinski definition) is 3. The van der Waals surface area contributed by atoms with Gasteiger partial charge in [0, 0.05) is 43.2 Å². The fraction of sp³-hybridized carbons (Fsp3) is 0.500. The summed E-state index contributed by atoms with van der Waals surface area (Å²) < 4.78 is 5.85. The van der Waals surface area contributed by atoms with Crippen LogP contribution >= 0.6 is 0 Å². The molecule has 0 unspecified atom stereocenters. The van der Waals surface area contributed by atoms with Gasteiger partial charge in [-0.1, -0.05) is 6.07 Å². The maximum atomic E-state index is 12.2. The topological polar surface area (TPSA) is 113 Å². The van der Waals surface area contributed by atoms with Crippen molar-refractivity contribution in [1.82, 2.24) is 15.3 Å². The van der Waals surface area contributed by atoms with Crippen LogP contribution in [0, 0.1) is 5.92 Å². The van der Waals surface area contributed by atoms with Gasteiger partial charge in [-0.2, -0.15) is 0 Å². The number of carbonyl (C=O) groups excluding carboxylic acids is 1. The van der Waals surface area contributed by atoms with Crippen LogP contribution in [0.4, 0.5) is 5.82 Å². The van der Waals surface area contributed by atoms with Crippen LogP contribution in [-0.4, -0.2) is 52.2 Å². The molecule has 3 heterocycles. The molecule has 2 aliphatic rings. The molecule has 2 aromatic rings. The van der Waals surface area contributed by atoms with Gasteiger partial charge in [-0.3, -0.25) is 9.78 Å². The Morgan fingerprint density at radius 2 is 2.03 bits per heavy atom. The van der Waals surface area contributed by atoms with E-state index in [0.717, 1.165) is 50.2 Å². The number of hydrogen-bond acceptors (Lipinski definition) is 6. The Labute approximate surface area is 187 Å². The van der Waals surface area contributed by atoms with E-state index in [9.17, 15) is 14.7 Å².